The van der Waals surface area contributed by atoms with Crippen molar-refractivity contribution in [3.63, 3.8) is 0 Å². The molecule has 0 bridgehead atoms. The second-order valence-electron chi connectivity index (χ2n) is 3.94. The fraction of sp³-hybridized carbons (Fsp3) is 0.467. The topological polar surface area (TPSA) is 27.7 Å². The van der Waals surface area contributed by atoms with Crippen molar-refractivity contribution in [3.05, 3.63) is 17.7 Å². The molecule has 1 atom stereocenters. The summed E-state index contributed by atoms with van der Waals surface area (Å²) in [6, 6.07) is 3.88. The van der Waals surface area contributed by atoms with Crippen molar-refractivity contribution in [1.29, 1.82) is 0 Å². The molecule has 0 aliphatic rings. The molecule has 0 saturated carbocycles. The van der Waals surface area contributed by atoms with Gasteiger partial charge in [-0.3, -0.25) is 0 Å². The Morgan fingerprint density at radius 1 is 1.11 bits per heavy atom. The van der Waals surface area contributed by atoms with Crippen molar-refractivity contribution in [2.45, 2.75) is 25.7 Å². The van der Waals surface area contributed by atoms with Gasteiger partial charge in [-0.1, -0.05) is 13.0 Å². The summed E-state index contributed by atoms with van der Waals surface area (Å²) >= 11 is 0. The largest absolute Gasteiger partial charge is 0.493 e. The molecular formula is C15H20O3. The van der Waals surface area contributed by atoms with Crippen molar-refractivity contribution in [1.82, 2.24) is 0 Å². The highest BCUT2D eigenvalue weighted by molar-refractivity contribution is 5.56. The molecule has 0 amide bonds. The molecule has 1 aromatic rings. The number of rotatable bonds is 6. The van der Waals surface area contributed by atoms with E-state index >= 15 is 0 Å². The van der Waals surface area contributed by atoms with Crippen LogP contribution in [0, 0.1) is 12.3 Å². The average Bonchev–Trinajstić information content (AvgIpc) is 2.42. The average molecular weight is 248 g/mol. The minimum atomic E-state index is 0.268. The molecule has 0 aromatic heterocycles. The minimum absolute atomic E-state index is 0.268. The zero-order valence-electron chi connectivity index (χ0n) is 11.4. The second-order valence-corrected chi connectivity index (χ2v) is 3.94. The van der Waals surface area contributed by atoms with E-state index in [2.05, 4.69) is 12.8 Å². The molecule has 0 spiro atoms. The molecule has 0 fully saturated rings. The summed E-state index contributed by atoms with van der Waals surface area (Å²) in [5.41, 5.74) is 1.07. The monoisotopic (exact) mass is 248 g/mol. The van der Waals surface area contributed by atoms with Crippen LogP contribution < -0.4 is 14.2 Å². The SMILES string of the molecule is C#CCC(CC)c1ccc(OC)c(OC)c1OC. The Bertz CT molecular complexity index is 432. The van der Waals surface area contributed by atoms with Crippen LogP contribution in [0.4, 0.5) is 0 Å². The maximum absolute atomic E-state index is 5.47. The van der Waals surface area contributed by atoms with Crippen LogP contribution in [-0.2, 0) is 0 Å². The molecule has 1 unspecified atom stereocenters. The maximum Gasteiger partial charge on any atom is 0.203 e. The maximum atomic E-state index is 5.47. The van der Waals surface area contributed by atoms with Gasteiger partial charge in [0.2, 0.25) is 5.75 Å². The number of hydrogen-bond acceptors (Lipinski definition) is 3. The molecule has 0 radical (unpaired) electrons. The van der Waals surface area contributed by atoms with Gasteiger partial charge >= 0.3 is 0 Å². The van der Waals surface area contributed by atoms with E-state index in [4.69, 9.17) is 20.6 Å². The fourth-order valence-corrected chi connectivity index (χ4v) is 2.06. The first-order valence-corrected chi connectivity index (χ1v) is 5.95. The van der Waals surface area contributed by atoms with Gasteiger partial charge in [0.05, 0.1) is 21.3 Å². The molecule has 0 saturated heterocycles. The van der Waals surface area contributed by atoms with Crippen molar-refractivity contribution < 1.29 is 14.2 Å². The summed E-state index contributed by atoms with van der Waals surface area (Å²) in [6.45, 7) is 2.11. The Morgan fingerprint density at radius 3 is 2.22 bits per heavy atom. The number of hydrogen-bond donors (Lipinski definition) is 0. The summed E-state index contributed by atoms with van der Waals surface area (Å²) < 4.78 is 16.1. The van der Waals surface area contributed by atoms with Crippen LogP contribution in [0.5, 0.6) is 17.2 Å². The number of benzene rings is 1. The summed E-state index contributed by atoms with van der Waals surface area (Å²) in [5.74, 6) is 4.96. The quantitative estimate of drug-likeness (QED) is 0.723. The number of ether oxygens (including phenoxy) is 3. The highest BCUT2D eigenvalue weighted by Crippen LogP contribution is 2.43. The van der Waals surface area contributed by atoms with E-state index in [0.717, 1.165) is 12.0 Å². The zero-order chi connectivity index (χ0) is 13.5. The Morgan fingerprint density at radius 2 is 1.78 bits per heavy atom. The predicted molar refractivity (Wildman–Crippen MR) is 72.6 cm³/mol. The second kappa shape index (κ2) is 6.80. The van der Waals surface area contributed by atoms with Crippen LogP contribution in [-0.4, -0.2) is 21.3 Å². The lowest BCUT2D eigenvalue weighted by atomic mass is 9.92. The van der Waals surface area contributed by atoms with Crippen molar-refractivity contribution in [3.8, 4) is 29.6 Å². The first-order valence-electron chi connectivity index (χ1n) is 5.95. The normalized spacial score (nSPS) is 11.5. The lowest BCUT2D eigenvalue weighted by Gasteiger charge is -2.20. The Kier molecular flexibility index (Phi) is 5.38. The third-order valence-electron chi connectivity index (χ3n) is 3.03. The number of terminal acetylenes is 1. The van der Waals surface area contributed by atoms with E-state index in [1.165, 1.54) is 0 Å². The lowest BCUT2D eigenvalue weighted by molar-refractivity contribution is 0.320. The van der Waals surface area contributed by atoms with E-state index in [1.807, 2.05) is 12.1 Å². The van der Waals surface area contributed by atoms with Crippen molar-refractivity contribution >= 4 is 0 Å². The first-order chi connectivity index (χ1) is 8.73. The zero-order valence-corrected chi connectivity index (χ0v) is 11.4. The third-order valence-corrected chi connectivity index (χ3v) is 3.03. The van der Waals surface area contributed by atoms with Crippen molar-refractivity contribution in [2.24, 2.45) is 0 Å². The van der Waals surface area contributed by atoms with Gasteiger partial charge in [-0.25, -0.2) is 0 Å². The summed E-state index contributed by atoms with van der Waals surface area (Å²) in [7, 11) is 4.84. The van der Waals surface area contributed by atoms with Crippen LogP contribution in [0.1, 0.15) is 31.2 Å². The van der Waals surface area contributed by atoms with Gasteiger partial charge < -0.3 is 14.2 Å². The molecule has 1 rings (SSSR count). The minimum Gasteiger partial charge on any atom is -0.493 e. The Labute approximate surface area is 109 Å². The van der Waals surface area contributed by atoms with E-state index in [0.29, 0.717) is 23.7 Å². The van der Waals surface area contributed by atoms with E-state index in [-0.39, 0.29) is 5.92 Å². The molecule has 0 aliphatic carbocycles. The summed E-state index contributed by atoms with van der Waals surface area (Å²) in [6.07, 6.45) is 7.05. The molecule has 98 valence electrons. The lowest BCUT2D eigenvalue weighted by Crippen LogP contribution is -2.03. The Balaban J connectivity index is 3.32. The molecule has 0 heterocycles. The highest BCUT2D eigenvalue weighted by atomic mass is 16.5. The molecule has 3 nitrogen and oxygen atoms in total. The Hall–Kier alpha value is -1.82. The number of methoxy groups -OCH3 is 3. The van der Waals surface area contributed by atoms with Gasteiger partial charge in [0.25, 0.3) is 0 Å². The molecular weight excluding hydrogens is 228 g/mol. The van der Waals surface area contributed by atoms with Crippen LogP contribution in [0.25, 0.3) is 0 Å². The summed E-state index contributed by atoms with van der Waals surface area (Å²) in [4.78, 5) is 0. The molecule has 3 heteroatoms. The van der Waals surface area contributed by atoms with E-state index < -0.39 is 0 Å². The van der Waals surface area contributed by atoms with Gasteiger partial charge in [-0.2, -0.15) is 0 Å². The van der Waals surface area contributed by atoms with Crippen LogP contribution in [0.3, 0.4) is 0 Å². The van der Waals surface area contributed by atoms with Gasteiger partial charge in [0.15, 0.2) is 11.5 Å². The molecule has 18 heavy (non-hydrogen) atoms. The van der Waals surface area contributed by atoms with Crippen molar-refractivity contribution in [2.75, 3.05) is 21.3 Å². The smallest absolute Gasteiger partial charge is 0.203 e. The van der Waals surface area contributed by atoms with Crippen LogP contribution >= 0.6 is 0 Å². The van der Waals surface area contributed by atoms with Crippen LogP contribution in [0.15, 0.2) is 12.1 Å². The highest BCUT2D eigenvalue weighted by Gasteiger charge is 2.20. The predicted octanol–water partition coefficient (Wildman–Crippen LogP) is 3.23. The van der Waals surface area contributed by atoms with Gasteiger partial charge in [-0.15, -0.1) is 12.3 Å². The van der Waals surface area contributed by atoms with Crippen LogP contribution in [0.2, 0.25) is 0 Å². The van der Waals surface area contributed by atoms with E-state index in [9.17, 15) is 0 Å². The fourth-order valence-electron chi connectivity index (χ4n) is 2.06. The third kappa shape index (κ3) is 2.70. The molecule has 0 aliphatic heterocycles. The molecule has 0 N–H and O–H groups in total. The first kappa shape index (κ1) is 14.2. The standard InChI is InChI=1S/C15H20O3/c1-6-8-11(7-2)12-9-10-13(16-3)15(18-5)14(12)17-4/h1,9-11H,7-8H2,2-5H3. The van der Waals surface area contributed by atoms with Gasteiger partial charge in [0.1, 0.15) is 0 Å². The van der Waals surface area contributed by atoms with E-state index in [1.54, 1.807) is 21.3 Å². The van der Waals surface area contributed by atoms with Gasteiger partial charge in [-0.05, 0) is 18.4 Å². The van der Waals surface area contributed by atoms with Gasteiger partial charge in [0, 0.05) is 12.0 Å². The summed E-state index contributed by atoms with van der Waals surface area (Å²) in [5, 5.41) is 0. The molecule has 1 aromatic carbocycles.